The lowest BCUT2D eigenvalue weighted by Crippen LogP contribution is -2.27. The molecule has 7 nitrogen and oxygen atoms in total. The molecule has 0 aliphatic rings. The molecule has 2 amide bonds. The zero-order valence-electron chi connectivity index (χ0n) is 10.2. The highest BCUT2D eigenvalue weighted by atomic mass is 16.6. The number of aromatic hydroxyl groups is 1. The minimum Gasteiger partial charge on any atom is -0.507 e. The molecule has 1 aromatic carbocycles. The number of carbonyl (C=O) groups is 2. The van der Waals surface area contributed by atoms with Gasteiger partial charge in [0, 0.05) is 6.07 Å². The fraction of sp³-hybridized carbons (Fsp3) is 0.273. The van der Waals surface area contributed by atoms with Crippen LogP contribution in [0.4, 0.5) is 10.5 Å². The van der Waals surface area contributed by atoms with E-state index in [1.807, 2.05) is 0 Å². The Balaban J connectivity index is 3.11. The SMILES string of the molecule is CONC(=O)Nc1cc(C(C)=O)c(O)cc1OC. The summed E-state index contributed by atoms with van der Waals surface area (Å²) in [6.07, 6.45) is 0. The zero-order chi connectivity index (χ0) is 13.7. The van der Waals surface area contributed by atoms with Gasteiger partial charge in [-0.25, -0.2) is 10.3 Å². The summed E-state index contributed by atoms with van der Waals surface area (Å²) >= 11 is 0. The Morgan fingerprint density at radius 3 is 2.44 bits per heavy atom. The van der Waals surface area contributed by atoms with Crippen LogP contribution in [0.25, 0.3) is 0 Å². The van der Waals surface area contributed by atoms with E-state index >= 15 is 0 Å². The van der Waals surface area contributed by atoms with Crippen LogP contribution in [0, 0.1) is 0 Å². The molecule has 18 heavy (non-hydrogen) atoms. The van der Waals surface area contributed by atoms with Gasteiger partial charge in [-0.3, -0.25) is 9.63 Å². The van der Waals surface area contributed by atoms with Crippen molar-refractivity contribution >= 4 is 17.5 Å². The van der Waals surface area contributed by atoms with Gasteiger partial charge < -0.3 is 15.2 Å². The molecule has 0 saturated carbocycles. The van der Waals surface area contributed by atoms with E-state index < -0.39 is 6.03 Å². The summed E-state index contributed by atoms with van der Waals surface area (Å²) in [6.45, 7) is 1.31. The number of ether oxygens (including phenoxy) is 1. The predicted octanol–water partition coefficient (Wildman–Crippen LogP) is 1.29. The zero-order valence-corrected chi connectivity index (χ0v) is 10.2. The Morgan fingerprint density at radius 1 is 1.28 bits per heavy atom. The number of hydrogen-bond acceptors (Lipinski definition) is 5. The number of hydrogen-bond donors (Lipinski definition) is 3. The van der Waals surface area contributed by atoms with Crippen LogP contribution in [0.1, 0.15) is 17.3 Å². The van der Waals surface area contributed by atoms with Crippen LogP contribution in [0.15, 0.2) is 12.1 Å². The molecule has 0 aliphatic carbocycles. The summed E-state index contributed by atoms with van der Waals surface area (Å²) in [5, 5.41) is 12.0. The molecule has 0 bridgehead atoms. The molecule has 0 atom stereocenters. The van der Waals surface area contributed by atoms with Gasteiger partial charge in [0.15, 0.2) is 5.78 Å². The van der Waals surface area contributed by atoms with Crippen LogP contribution in [-0.4, -0.2) is 31.1 Å². The fourth-order valence-corrected chi connectivity index (χ4v) is 1.36. The number of Topliss-reactive ketones (excluding diaryl/α,β-unsaturated/α-hetero) is 1. The second-order valence-corrected chi connectivity index (χ2v) is 3.39. The molecule has 0 fully saturated rings. The number of rotatable bonds is 4. The maximum absolute atomic E-state index is 11.3. The smallest absolute Gasteiger partial charge is 0.343 e. The van der Waals surface area contributed by atoms with E-state index in [0.29, 0.717) is 0 Å². The highest BCUT2D eigenvalue weighted by Gasteiger charge is 2.14. The molecule has 0 unspecified atom stereocenters. The molecule has 0 spiro atoms. The molecule has 0 aromatic heterocycles. The van der Waals surface area contributed by atoms with Crippen molar-refractivity contribution in [3.63, 3.8) is 0 Å². The maximum Gasteiger partial charge on any atom is 0.343 e. The standard InChI is InChI=1S/C11H14N2O5/c1-6(14)7-4-8(12-11(16)13-18-3)10(17-2)5-9(7)15/h4-5,15H,1-3H3,(H2,12,13,16). The lowest BCUT2D eigenvalue weighted by atomic mass is 10.1. The van der Waals surface area contributed by atoms with Gasteiger partial charge in [-0.15, -0.1) is 0 Å². The molecule has 0 radical (unpaired) electrons. The van der Waals surface area contributed by atoms with E-state index in [9.17, 15) is 14.7 Å². The topological polar surface area (TPSA) is 96.9 Å². The average molecular weight is 254 g/mol. The number of amides is 2. The van der Waals surface area contributed by atoms with Crippen molar-refractivity contribution in [1.82, 2.24) is 5.48 Å². The Bertz CT molecular complexity index is 473. The van der Waals surface area contributed by atoms with Gasteiger partial charge in [0.1, 0.15) is 11.5 Å². The number of benzene rings is 1. The predicted molar refractivity (Wildman–Crippen MR) is 63.8 cm³/mol. The van der Waals surface area contributed by atoms with Crippen molar-refractivity contribution in [2.75, 3.05) is 19.5 Å². The van der Waals surface area contributed by atoms with Crippen LogP contribution in [0.2, 0.25) is 0 Å². The summed E-state index contributed by atoms with van der Waals surface area (Å²) in [7, 11) is 2.66. The van der Waals surface area contributed by atoms with E-state index in [2.05, 4.69) is 15.6 Å². The minimum atomic E-state index is -0.629. The van der Waals surface area contributed by atoms with Gasteiger partial charge in [-0.2, -0.15) is 0 Å². The molecular formula is C11H14N2O5. The number of carbonyl (C=O) groups excluding carboxylic acids is 2. The van der Waals surface area contributed by atoms with Crippen LogP contribution in [0.5, 0.6) is 11.5 Å². The number of hydroxylamine groups is 1. The van der Waals surface area contributed by atoms with Gasteiger partial charge >= 0.3 is 6.03 Å². The highest BCUT2D eigenvalue weighted by Crippen LogP contribution is 2.32. The van der Waals surface area contributed by atoms with Crippen molar-refractivity contribution in [2.24, 2.45) is 0 Å². The molecule has 7 heteroatoms. The monoisotopic (exact) mass is 254 g/mol. The summed E-state index contributed by atoms with van der Waals surface area (Å²) in [6, 6.07) is 1.95. The van der Waals surface area contributed by atoms with E-state index in [1.54, 1.807) is 0 Å². The van der Waals surface area contributed by atoms with Crippen molar-refractivity contribution < 1.29 is 24.3 Å². The van der Waals surface area contributed by atoms with Gasteiger partial charge in [0.05, 0.1) is 25.5 Å². The number of phenols is 1. The first-order valence-electron chi connectivity index (χ1n) is 5.01. The summed E-state index contributed by atoms with van der Waals surface area (Å²) in [5.41, 5.74) is 2.39. The number of phenolic OH excluding ortho intramolecular Hbond substituents is 1. The quantitative estimate of drug-likeness (QED) is 0.427. The average Bonchev–Trinajstić information content (AvgIpc) is 2.30. The number of nitrogens with one attached hydrogen (secondary N) is 2. The highest BCUT2D eigenvalue weighted by molar-refractivity contribution is 6.00. The second-order valence-electron chi connectivity index (χ2n) is 3.39. The Labute approximate surface area is 104 Å². The fourth-order valence-electron chi connectivity index (χ4n) is 1.36. The molecular weight excluding hydrogens is 240 g/mol. The third kappa shape index (κ3) is 3.11. The molecule has 98 valence electrons. The van der Waals surface area contributed by atoms with E-state index in [1.165, 1.54) is 33.3 Å². The lowest BCUT2D eigenvalue weighted by Gasteiger charge is -2.12. The van der Waals surface area contributed by atoms with E-state index in [0.717, 1.165) is 0 Å². The Hall–Kier alpha value is -2.28. The number of anilines is 1. The van der Waals surface area contributed by atoms with E-state index in [4.69, 9.17) is 4.74 Å². The maximum atomic E-state index is 11.3. The van der Waals surface area contributed by atoms with E-state index in [-0.39, 0.29) is 28.5 Å². The number of methoxy groups -OCH3 is 1. The third-order valence-electron chi connectivity index (χ3n) is 2.14. The third-order valence-corrected chi connectivity index (χ3v) is 2.14. The Kier molecular flexibility index (Phi) is 4.50. The van der Waals surface area contributed by atoms with Crippen LogP contribution in [-0.2, 0) is 4.84 Å². The lowest BCUT2D eigenvalue weighted by molar-refractivity contribution is 0.101. The normalized spacial score (nSPS) is 9.72. The molecule has 3 N–H and O–H groups in total. The van der Waals surface area contributed by atoms with Crippen LogP contribution >= 0.6 is 0 Å². The molecule has 0 saturated heterocycles. The number of urea groups is 1. The second kappa shape index (κ2) is 5.87. The number of ketones is 1. The minimum absolute atomic E-state index is 0.0866. The molecule has 1 rings (SSSR count). The first-order chi connectivity index (χ1) is 8.49. The summed E-state index contributed by atoms with van der Waals surface area (Å²) in [5.74, 6) is -0.314. The van der Waals surface area contributed by atoms with Crippen molar-refractivity contribution in [1.29, 1.82) is 0 Å². The summed E-state index contributed by atoms with van der Waals surface area (Å²) < 4.78 is 4.99. The first-order valence-corrected chi connectivity index (χ1v) is 5.01. The van der Waals surface area contributed by atoms with Gasteiger partial charge in [-0.05, 0) is 13.0 Å². The van der Waals surface area contributed by atoms with Crippen LogP contribution < -0.4 is 15.5 Å². The summed E-state index contributed by atoms with van der Waals surface area (Å²) in [4.78, 5) is 27.0. The van der Waals surface area contributed by atoms with Crippen molar-refractivity contribution in [3.05, 3.63) is 17.7 Å². The van der Waals surface area contributed by atoms with Crippen molar-refractivity contribution in [3.8, 4) is 11.5 Å². The van der Waals surface area contributed by atoms with Gasteiger partial charge in [0.2, 0.25) is 0 Å². The Morgan fingerprint density at radius 2 is 1.94 bits per heavy atom. The van der Waals surface area contributed by atoms with Gasteiger partial charge in [0.25, 0.3) is 0 Å². The van der Waals surface area contributed by atoms with Gasteiger partial charge in [-0.1, -0.05) is 0 Å². The van der Waals surface area contributed by atoms with Crippen LogP contribution in [0.3, 0.4) is 0 Å². The first kappa shape index (κ1) is 13.8. The molecule has 1 aromatic rings. The molecule has 0 aliphatic heterocycles. The molecule has 0 heterocycles. The largest absolute Gasteiger partial charge is 0.507 e. The van der Waals surface area contributed by atoms with Crippen molar-refractivity contribution in [2.45, 2.75) is 6.92 Å².